The third kappa shape index (κ3) is 12.8. The molecule has 0 saturated carbocycles. The molecule has 0 spiro atoms. The summed E-state index contributed by atoms with van der Waals surface area (Å²) in [5.74, 6) is -2.33. The van der Waals surface area contributed by atoms with Gasteiger partial charge in [-0.3, -0.25) is 24.0 Å². The number of aromatic nitrogens is 1. The molecule has 5 atom stereocenters. The zero-order chi connectivity index (χ0) is 35.1. The van der Waals surface area contributed by atoms with Crippen molar-refractivity contribution >= 4 is 40.4 Å². The normalized spacial score (nSPS) is 14.2. The Bertz CT molecular complexity index is 1510. The minimum absolute atomic E-state index is 0.0604. The van der Waals surface area contributed by atoms with Gasteiger partial charge >= 0.3 is 0 Å². The molecule has 0 saturated heterocycles. The molecule has 10 N–H and O–H groups in total. The number of aromatic amines is 1. The van der Waals surface area contributed by atoms with Crippen LogP contribution in [0.15, 0.2) is 60.8 Å². The van der Waals surface area contributed by atoms with Gasteiger partial charge in [0, 0.05) is 61.8 Å². The molecular formula is C35H49N7O6. The fourth-order valence-corrected chi connectivity index (χ4v) is 5.68. The molecule has 0 fully saturated rings. The SMILES string of the molecule is CC(=O)N[C@H](CC(=O)N[C@H](Cc1c[nH]c2ccccc12)C(=O)N[C@@H](CCCCN)CC(=O)N[C@H](CC(N)=O)[C@H](C)O)Cc1ccccc1. The van der Waals surface area contributed by atoms with Crippen LogP contribution in [0.25, 0.3) is 10.9 Å². The van der Waals surface area contributed by atoms with Crippen LogP contribution < -0.4 is 32.7 Å². The van der Waals surface area contributed by atoms with Gasteiger partial charge in [-0.1, -0.05) is 55.0 Å². The molecule has 13 nitrogen and oxygen atoms in total. The Balaban J connectivity index is 1.81. The van der Waals surface area contributed by atoms with E-state index < -0.39 is 53.9 Å². The molecule has 3 rings (SSSR count). The quantitative estimate of drug-likeness (QED) is 0.0821. The van der Waals surface area contributed by atoms with Gasteiger partial charge in [0.05, 0.1) is 12.1 Å². The average Bonchev–Trinajstić information content (AvgIpc) is 3.43. The molecule has 0 aliphatic rings. The lowest BCUT2D eigenvalue weighted by Crippen LogP contribution is -2.53. The van der Waals surface area contributed by atoms with E-state index in [1.54, 1.807) is 6.20 Å². The first-order valence-corrected chi connectivity index (χ1v) is 16.4. The van der Waals surface area contributed by atoms with E-state index in [0.29, 0.717) is 32.2 Å². The third-order valence-electron chi connectivity index (χ3n) is 8.05. The average molecular weight is 664 g/mol. The lowest BCUT2D eigenvalue weighted by molar-refractivity contribution is -0.130. The molecule has 260 valence electrons. The Morgan fingerprint density at radius 2 is 1.48 bits per heavy atom. The van der Waals surface area contributed by atoms with Crippen LogP contribution in [-0.4, -0.2) is 76.4 Å². The second kappa shape index (κ2) is 19.2. The van der Waals surface area contributed by atoms with Gasteiger partial charge in [-0.15, -0.1) is 0 Å². The maximum atomic E-state index is 13.9. The van der Waals surface area contributed by atoms with Crippen LogP contribution in [0.5, 0.6) is 0 Å². The topological polar surface area (TPSA) is 222 Å². The molecule has 48 heavy (non-hydrogen) atoms. The number of rotatable bonds is 20. The van der Waals surface area contributed by atoms with E-state index >= 15 is 0 Å². The van der Waals surface area contributed by atoms with Crippen molar-refractivity contribution < 1.29 is 29.1 Å². The van der Waals surface area contributed by atoms with Crippen molar-refractivity contribution in [2.24, 2.45) is 11.5 Å². The zero-order valence-electron chi connectivity index (χ0n) is 27.7. The van der Waals surface area contributed by atoms with Gasteiger partial charge in [0.2, 0.25) is 29.5 Å². The van der Waals surface area contributed by atoms with Crippen LogP contribution in [0.4, 0.5) is 0 Å². The van der Waals surface area contributed by atoms with Crippen molar-refractivity contribution in [3.63, 3.8) is 0 Å². The number of primary amides is 1. The fourth-order valence-electron chi connectivity index (χ4n) is 5.68. The number of para-hydroxylation sites is 1. The first kappa shape index (κ1) is 37.7. The molecular weight excluding hydrogens is 614 g/mol. The minimum Gasteiger partial charge on any atom is -0.391 e. The monoisotopic (exact) mass is 663 g/mol. The highest BCUT2D eigenvalue weighted by atomic mass is 16.3. The Morgan fingerprint density at radius 3 is 2.15 bits per heavy atom. The number of aliphatic hydroxyl groups excluding tert-OH is 1. The number of hydrogen-bond donors (Lipinski definition) is 8. The standard InChI is InChI=1S/C35H49N7O6/c1-22(43)30(20-32(37)45)41-33(46)18-26(12-8-9-15-36)40-35(48)31(17-25-21-38-29-14-7-6-13-28(25)29)42-34(47)19-27(39-23(2)44)16-24-10-4-3-5-11-24/h3-7,10-11,13-14,21-22,26-27,30-31,38,43H,8-9,12,15-20,36H2,1-2H3,(H2,37,45)(H,39,44)(H,40,48)(H,41,46)(H,42,47)/t22-,26-,27-,30+,31+/m0/s1. The van der Waals surface area contributed by atoms with E-state index in [9.17, 15) is 29.1 Å². The molecule has 5 amide bonds. The molecule has 0 aliphatic carbocycles. The number of hydrogen-bond acceptors (Lipinski definition) is 7. The number of nitrogens with two attached hydrogens (primary N) is 2. The summed E-state index contributed by atoms with van der Waals surface area (Å²) in [6.07, 6.45) is 2.67. The van der Waals surface area contributed by atoms with Gasteiger partial charge in [0.1, 0.15) is 6.04 Å². The van der Waals surface area contributed by atoms with E-state index in [2.05, 4.69) is 26.3 Å². The predicted molar refractivity (Wildman–Crippen MR) is 183 cm³/mol. The molecule has 1 heterocycles. The summed E-state index contributed by atoms with van der Waals surface area (Å²) < 4.78 is 0. The van der Waals surface area contributed by atoms with Gasteiger partial charge < -0.3 is 42.8 Å². The second-order valence-corrected chi connectivity index (χ2v) is 12.3. The number of H-pyrrole nitrogens is 1. The molecule has 0 unspecified atom stereocenters. The third-order valence-corrected chi connectivity index (χ3v) is 8.05. The van der Waals surface area contributed by atoms with E-state index in [1.807, 2.05) is 54.6 Å². The fraction of sp³-hybridized carbons (Fsp3) is 0.457. The number of aliphatic hydroxyl groups is 1. The zero-order valence-corrected chi connectivity index (χ0v) is 27.7. The van der Waals surface area contributed by atoms with Gasteiger partial charge in [-0.05, 0) is 49.9 Å². The smallest absolute Gasteiger partial charge is 0.243 e. The van der Waals surface area contributed by atoms with Crippen molar-refractivity contribution in [3.05, 3.63) is 71.9 Å². The summed E-state index contributed by atoms with van der Waals surface area (Å²) >= 11 is 0. The highest BCUT2D eigenvalue weighted by Gasteiger charge is 2.28. The molecule has 2 aromatic carbocycles. The Kier molecular flexibility index (Phi) is 15.1. The second-order valence-electron chi connectivity index (χ2n) is 12.3. The van der Waals surface area contributed by atoms with Crippen molar-refractivity contribution in [1.29, 1.82) is 0 Å². The van der Waals surface area contributed by atoms with E-state index in [-0.39, 0.29) is 31.6 Å². The number of benzene rings is 2. The maximum Gasteiger partial charge on any atom is 0.243 e. The lowest BCUT2D eigenvalue weighted by Gasteiger charge is -2.26. The number of carbonyl (C=O) groups excluding carboxylic acids is 5. The molecule has 1 aromatic heterocycles. The maximum absolute atomic E-state index is 13.9. The largest absolute Gasteiger partial charge is 0.391 e. The van der Waals surface area contributed by atoms with Crippen LogP contribution in [-0.2, 0) is 36.8 Å². The number of carbonyl (C=O) groups is 5. The van der Waals surface area contributed by atoms with Gasteiger partial charge in [-0.2, -0.15) is 0 Å². The van der Waals surface area contributed by atoms with Gasteiger partial charge in [0.25, 0.3) is 0 Å². The van der Waals surface area contributed by atoms with Crippen LogP contribution in [0, 0.1) is 0 Å². The van der Waals surface area contributed by atoms with E-state index in [4.69, 9.17) is 11.5 Å². The molecule has 3 aromatic rings. The van der Waals surface area contributed by atoms with Crippen molar-refractivity contribution in [1.82, 2.24) is 26.3 Å². The van der Waals surface area contributed by atoms with Crippen molar-refractivity contribution in [2.45, 2.75) is 95.5 Å². The van der Waals surface area contributed by atoms with Crippen LogP contribution in [0.2, 0.25) is 0 Å². The van der Waals surface area contributed by atoms with Crippen LogP contribution >= 0.6 is 0 Å². The van der Waals surface area contributed by atoms with Crippen LogP contribution in [0.3, 0.4) is 0 Å². The van der Waals surface area contributed by atoms with E-state index in [1.165, 1.54) is 13.8 Å². The lowest BCUT2D eigenvalue weighted by atomic mass is 10.00. The predicted octanol–water partition coefficient (Wildman–Crippen LogP) is 1.08. The summed E-state index contributed by atoms with van der Waals surface area (Å²) in [4.78, 5) is 67.1. The number of unbranched alkanes of at least 4 members (excludes halogenated alkanes) is 1. The summed E-state index contributed by atoms with van der Waals surface area (Å²) in [5, 5.41) is 22.3. The molecule has 0 radical (unpaired) electrons. The highest BCUT2D eigenvalue weighted by molar-refractivity contribution is 5.90. The number of nitrogens with one attached hydrogen (secondary N) is 5. The number of amides is 5. The minimum atomic E-state index is -1.02. The first-order chi connectivity index (χ1) is 22.9. The van der Waals surface area contributed by atoms with E-state index in [0.717, 1.165) is 22.0 Å². The Hall–Kier alpha value is -4.75. The van der Waals surface area contributed by atoms with Crippen molar-refractivity contribution in [2.75, 3.05) is 6.54 Å². The summed E-state index contributed by atoms with van der Waals surface area (Å²) in [6, 6.07) is 14.1. The van der Waals surface area contributed by atoms with Crippen molar-refractivity contribution in [3.8, 4) is 0 Å². The molecule has 0 bridgehead atoms. The summed E-state index contributed by atoms with van der Waals surface area (Å²) in [7, 11) is 0. The first-order valence-electron chi connectivity index (χ1n) is 16.4. The summed E-state index contributed by atoms with van der Waals surface area (Å²) in [5.41, 5.74) is 13.6. The number of fused-ring (bicyclic) bond motifs is 1. The van der Waals surface area contributed by atoms with Crippen LogP contribution in [0.1, 0.15) is 63.5 Å². The summed E-state index contributed by atoms with van der Waals surface area (Å²) in [6.45, 7) is 3.28. The molecule has 13 heteroatoms. The van der Waals surface area contributed by atoms with Gasteiger partial charge in [-0.25, -0.2) is 0 Å². The Morgan fingerprint density at radius 1 is 0.812 bits per heavy atom. The Labute approximate surface area is 281 Å². The van der Waals surface area contributed by atoms with Gasteiger partial charge in [0.15, 0.2) is 0 Å². The highest BCUT2D eigenvalue weighted by Crippen LogP contribution is 2.20. The molecule has 0 aliphatic heterocycles.